The highest BCUT2D eigenvalue weighted by molar-refractivity contribution is 5.89. The van der Waals surface area contributed by atoms with Gasteiger partial charge in [0.25, 0.3) is 0 Å². The highest BCUT2D eigenvalue weighted by Gasteiger charge is 2.14. The average Bonchev–Trinajstić information content (AvgIpc) is 3.17. The number of benzene rings is 1. The van der Waals surface area contributed by atoms with Gasteiger partial charge in [0, 0.05) is 32.3 Å². The number of amides is 2. The van der Waals surface area contributed by atoms with Gasteiger partial charge in [0.2, 0.25) is 18.3 Å². The summed E-state index contributed by atoms with van der Waals surface area (Å²) in [6, 6.07) is 3.66. The zero-order valence-electron chi connectivity index (χ0n) is 34.4. The van der Waals surface area contributed by atoms with Gasteiger partial charge in [-0.05, 0) is 30.5 Å². The maximum Gasteiger partial charge on any atom is 0.222 e. The Kier molecular flexibility index (Phi) is 28.7. The smallest absolute Gasteiger partial charge is 0.222 e. The number of hydrogen-bond acceptors (Lipinski definition) is 10. The van der Waals surface area contributed by atoms with Gasteiger partial charge in [0.1, 0.15) is 22.9 Å². The quantitative estimate of drug-likeness (QED) is 0.0286. The third kappa shape index (κ3) is 22.2. The molecule has 0 radical (unpaired) electrons. The number of aromatic nitrogens is 2. The molecule has 7 N–H and O–H groups in total. The molecule has 1 aromatic heterocycles. The number of carbonyl (C=O) groups is 2. The second-order valence-electron chi connectivity index (χ2n) is 13.9. The zero-order chi connectivity index (χ0) is 39.7. The van der Waals surface area contributed by atoms with Crippen molar-refractivity contribution in [1.82, 2.24) is 20.6 Å². The van der Waals surface area contributed by atoms with Crippen LogP contribution in [0.25, 0.3) is 0 Å². The fraction of sp³-hybridized carbons (Fsp3) is 0.690. The summed E-state index contributed by atoms with van der Waals surface area (Å²) < 4.78 is 11.1. The molecule has 0 unspecified atom stereocenters. The van der Waals surface area contributed by atoms with Crippen molar-refractivity contribution in [2.75, 3.05) is 44.1 Å². The van der Waals surface area contributed by atoms with Gasteiger partial charge >= 0.3 is 0 Å². The average molecular weight is 755 g/mol. The van der Waals surface area contributed by atoms with Crippen LogP contribution in [-0.2, 0) is 22.7 Å². The Morgan fingerprint density at radius 1 is 0.741 bits per heavy atom. The molecule has 0 atom stereocenters. The van der Waals surface area contributed by atoms with Crippen LogP contribution in [0.1, 0.15) is 166 Å². The highest BCUT2D eigenvalue weighted by Crippen LogP contribution is 2.31. The number of aliphatic imine (C=N–C) groups is 1. The monoisotopic (exact) mass is 755 g/mol. The Balaban J connectivity index is 0.000000682. The van der Waals surface area contributed by atoms with Crippen LogP contribution in [0.4, 0.5) is 17.5 Å². The molecule has 0 aliphatic carbocycles. The topological polar surface area (TPSA) is 179 Å². The molecule has 0 saturated carbocycles. The summed E-state index contributed by atoms with van der Waals surface area (Å²) in [7, 11) is 3.11. The molecule has 0 bridgehead atoms. The summed E-state index contributed by atoms with van der Waals surface area (Å²) in [4.78, 5) is 35.2. The highest BCUT2D eigenvalue weighted by atomic mass is 16.5. The number of methoxy groups -OCH3 is 2. The first kappa shape index (κ1) is 47.9. The van der Waals surface area contributed by atoms with Gasteiger partial charge < -0.3 is 36.9 Å². The molecule has 0 spiro atoms. The van der Waals surface area contributed by atoms with Gasteiger partial charge in [-0.25, -0.2) is 4.98 Å². The first-order chi connectivity index (χ1) is 26.3. The summed E-state index contributed by atoms with van der Waals surface area (Å²) >= 11 is 0. The molecule has 0 aliphatic heterocycles. The zero-order valence-corrected chi connectivity index (χ0v) is 34.4. The van der Waals surface area contributed by atoms with E-state index in [9.17, 15) is 9.59 Å². The van der Waals surface area contributed by atoms with E-state index in [4.69, 9.17) is 20.9 Å². The van der Waals surface area contributed by atoms with Gasteiger partial charge in [-0.2, -0.15) is 4.98 Å². The second-order valence-corrected chi connectivity index (χ2v) is 13.9. The summed E-state index contributed by atoms with van der Waals surface area (Å²) in [6.45, 7) is 8.42. The van der Waals surface area contributed by atoms with Crippen LogP contribution in [0.3, 0.4) is 0 Å². The van der Waals surface area contributed by atoms with Gasteiger partial charge in [-0.1, -0.05) is 130 Å². The Morgan fingerprint density at radius 2 is 1.26 bits per heavy atom. The van der Waals surface area contributed by atoms with Crippen molar-refractivity contribution < 1.29 is 19.1 Å². The molecule has 1 heterocycles. The van der Waals surface area contributed by atoms with Crippen molar-refractivity contribution in [1.29, 1.82) is 0 Å². The lowest BCUT2D eigenvalue weighted by molar-refractivity contribution is -0.121. The fourth-order valence-corrected chi connectivity index (χ4v) is 5.96. The lowest BCUT2D eigenvalue weighted by Crippen LogP contribution is -2.24. The van der Waals surface area contributed by atoms with Crippen molar-refractivity contribution in [2.24, 2.45) is 4.99 Å². The Bertz CT molecular complexity index is 1270. The van der Waals surface area contributed by atoms with Crippen LogP contribution in [-0.4, -0.2) is 55.8 Å². The Morgan fingerprint density at radius 3 is 1.74 bits per heavy atom. The van der Waals surface area contributed by atoms with Gasteiger partial charge in [0.15, 0.2) is 5.82 Å². The number of ether oxygens (including phenoxy) is 2. The third-order valence-corrected chi connectivity index (χ3v) is 9.20. The van der Waals surface area contributed by atoms with Crippen molar-refractivity contribution in [2.45, 2.75) is 162 Å². The first-order valence-corrected chi connectivity index (χ1v) is 20.7. The summed E-state index contributed by atoms with van der Waals surface area (Å²) in [5.74, 6) is 1.62. The minimum absolute atomic E-state index is 0.103. The molecule has 1 aromatic carbocycles. The van der Waals surface area contributed by atoms with E-state index >= 15 is 0 Å². The molecule has 306 valence electrons. The van der Waals surface area contributed by atoms with Crippen LogP contribution in [0, 0.1) is 0 Å². The predicted molar refractivity (Wildman–Crippen MR) is 225 cm³/mol. The minimum atomic E-state index is -0.112. The van der Waals surface area contributed by atoms with E-state index in [1.807, 2.05) is 12.1 Å². The van der Waals surface area contributed by atoms with Crippen LogP contribution in [0.5, 0.6) is 11.5 Å². The SMILES string of the molecule is CCCCCCCCCCCCCCCCCC.CCCCNc1nc(N)nc(C=NCc2c(OC)cc(CNC(=O)CCCNC=O)cc2OC)c1N. The van der Waals surface area contributed by atoms with E-state index in [0.717, 1.165) is 30.5 Å². The van der Waals surface area contributed by atoms with Crippen LogP contribution in [0.2, 0.25) is 0 Å². The van der Waals surface area contributed by atoms with Crippen LogP contribution < -0.4 is 36.9 Å². The van der Waals surface area contributed by atoms with Gasteiger partial charge in [0.05, 0.1) is 26.3 Å². The normalized spacial score (nSPS) is 10.8. The maximum atomic E-state index is 12.0. The van der Waals surface area contributed by atoms with E-state index in [1.54, 1.807) is 20.4 Å². The van der Waals surface area contributed by atoms with E-state index in [1.165, 1.54) is 103 Å². The number of hydrogen-bond donors (Lipinski definition) is 5. The van der Waals surface area contributed by atoms with Gasteiger partial charge in [-0.15, -0.1) is 0 Å². The van der Waals surface area contributed by atoms with Crippen LogP contribution in [0.15, 0.2) is 17.1 Å². The lowest BCUT2D eigenvalue weighted by Gasteiger charge is -2.15. The first-order valence-electron chi connectivity index (χ1n) is 20.7. The number of nitrogens with two attached hydrogens (primary N) is 2. The number of rotatable bonds is 31. The molecule has 2 aromatic rings. The molecule has 2 amide bonds. The van der Waals surface area contributed by atoms with E-state index < -0.39 is 0 Å². The Hall–Kier alpha value is -4.09. The van der Waals surface area contributed by atoms with Crippen molar-refractivity contribution in [3.05, 3.63) is 29.0 Å². The maximum absolute atomic E-state index is 12.0. The fourth-order valence-electron chi connectivity index (χ4n) is 5.96. The minimum Gasteiger partial charge on any atom is -0.496 e. The van der Waals surface area contributed by atoms with Gasteiger partial charge in [-0.3, -0.25) is 14.6 Å². The second kappa shape index (κ2) is 32.3. The third-order valence-electron chi connectivity index (χ3n) is 9.20. The number of unbranched alkanes of at least 4 members (excludes halogenated alkanes) is 16. The number of anilines is 3. The number of nitrogen functional groups attached to an aromatic ring is 2. The molecule has 12 heteroatoms. The molecular weight excluding hydrogens is 681 g/mol. The summed E-state index contributed by atoms with van der Waals surface area (Å²) in [6.07, 6.45) is 28.5. The predicted octanol–water partition coefficient (Wildman–Crippen LogP) is 8.90. The summed E-state index contributed by atoms with van der Waals surface area (Å²) in [5, 5.41) is 8.56. The molecule has 54 heavy (non-hydrogen) atoms. The number of nitrogens with one attached hydrogen (secondary N) is 3. The van der Waals surface area contributed by atoms with E-state index in [0.29, 0.717) is 61.0 Å². The van der Waals surface area contributed by atoms with Crippen LogP contribution >= 0.6 is 0 Å². The van der Waals surface area contributed by atoms with Crippen molar-refractivity contribution >= 4 is 36.0 Å². The van der Waals surface area contributed by atoms with Crippen molar-refractivity contribution in [3.8, 4) is 11.5 Å². The molecule has 0 fully saturated rings. The molecular formula is C42H74N8O4. The van der Waals surface area contributed by atoms with Crippen molar-refractivity contribution in [3.63, 3.8) is 0 Å². The lowest BCUT2D eigenvalue weighted by atomic mass is 10.0. The van der Waals surface area contributed by atoms with E-state index in [-0.39, 0.29) is 18.4 Å². The van der Waals surface area contributed by atoms with E-state index in [2.05, 4.69) is 51.7 Å². The largest absolute Gasteiger partial charge is 0.496 e. The standard InChI is InChI=1S/C24H36N8O4.C18H38/c1-4-5-9-29-23-22(25)18(31-24(26)32-23)14-28-13-17-19(35-2)10-16(11-20(17)36-3)12-30-21(34)7-6-8-27-15-33;1-3-5-7-9-11-13-15-17-18-16-14-12-10-8-6-4-2/h10-11,14-15H,4-9,12-13,25H2,1-3H3,(H,27,33)(H,30,34)(H3,26,29,31,32);3-18H2,1-2H3. The molecule has 2 rings (SSSR count). The molecule has 0 aliphatic rings. The molecule has 12 nitrogen and oxygen atoms in total. The summed E-state index contributed by atoms with van der Waals surface area (Å²) in [5.41, 5.74) is 14.4. The molecule has 0 saturated heterocycles. The number of nitrogens with zero attached hydrogens (tertiary/aromatic N) is 3. The Labute approximate surface area is 326 Å². The number of carbonyl (C=O) groups excluding carboxylic acids is 2.